The number of nitrogens with one attached hydrogen (secondary N) is 1. The molecule has 0 aliphatic carbocycles. The van der Waals surface area contributed by atoms with E-state index in [1.54, 1.807) is 12.4 Å². The van der Waals surface area contributed by atoms with Gasteiger partial charge in [0.2, 0.25) is 5.95 Å². The fourth-order valence-corrected chi connectivity index (χ4v) is 2.11. The van der Waals surface area contributed by atoms with Crippen molar-refractivity contribution in [1.29, 1.82) is 0 Å². The molecule has 94 valence electrons. The number of nitrogens with zero attached hydrogens (tertiary/aromatic N) is 3. The van der Waals surface area contributed by atoms with Crippen LogP contribution in [0, 0.1) is 0 Å². The summed E-state index contributed by atoms with van der Waals surface area (Å²) in [6.07, 6.45) is 5.20. The van der Waals surface area contributed by atoms with Crippen LogP contribution in [0.25, 0.3) is 10.8 Å². The molecule has 19 heavy (non-hydrogen) atoms. The standard InChI is InChI=1S/C13H10BrN5/c14-10-7-17-13(15)19-12(10)18-11-3-1-2-8-4-5-16-6-9(8)11/h1-7H,(H3,15,17,18,19). The summed E-state index contributed by atoms with van der Waals surface area (Å²) < 4.78 is 0.752. The molecule has 3 rings (SSSR count). The average Bonchev–Trinajstić information content (AvgIpc) is 2.43. The highest BCUT2D eigenvalue weighted by Crippen LogP contribution is 2.28. The minimum atomic E-state index is 0.226. The largest absolute Gasteiger partial charge is 0.368 e. The van der Waals surface area contributed by atoms with Gasteiger partial charge in [-0.3, -0.25) is 4.98 Å². The Morgan fingerprint density at radius 1 is 1.16 bits per heavy atom. The smallest absolute Gasteiger partial charge is 0.222 e. The Morgan fingerprint density at radius 2 is 2.05 bits per heavy atom. The predicted octanol–water partition coefficient (Wildman–Crippen LogP) is 3.11. The van der Waals surface area contributed by atoms with E-state index < -0.39 is 0 Å². The molecule has 3 aromatic rings. The lowest BCUT2D eigenvalue weighted by Gasteiger charge is -2.10. The Kier molecular flexibility index (Phi) is 3.00. The normalized spacial score (nSPS) is 10.6. The number of hydrogen-bond donors (Lipinski definition) is 2. The maximum absolute atomic E-state index is 5.60. The summed E-state index contributed by atoms with van der Waals surface area (Å²) in [7, 11) is 0. The number of pyridine rings is 1. The molecule has 2 heterocycles. The van der Waals surface area contributed by atoms with Crippen LogP contribution in [-0.4, -0.2) is 15.0 Å². The number of aromatic nitrogens is 3. The van der Waals surface area contributed by atoms with E-state index in [9.17, 15) is 0 Å². The van der Waals surface area contributed by atoms with E-state index in [4.69, 9.17) is 5.73 Å². The predicted molar refractivity (Wildman–Crippen MR) is 79.2 cm³/mol. The second-order valence-corrected chi connectivity index (χ2v) is 4.81. The third kappa shape index (κ3) is 2.34. The van der Waals surface area contributed by atoms with Crippen LogP contribution in [0.2, 0.25) is 0 Å². The van der Waals surface area contributed by atoms with Gasteiger partial charge in [-0.2, -0.15) is 4.98 Å². The van der Waals surface area contributed by atoms with Gasteiger partial charge in [-0.15, -0.1) is 0 Å². The van der Waals surface area contributed by atoms with Crippen LogP contribution in [-0.2, 0) is 0 Å². The molecule has 0 amide bonds. The lowest BCUT2D eigenvalue weighted by molar-refractivity contribution is 1.17. The molecule has 3 N–H and O–H groups in total. The van der Waals surface area contributed by atoms with E-state index >= 15 is 0 Å². The van der Waals surface area contributed by atoms with Crippen molar-refractivity contribution in [2.75, 3.05) is 11.1 Å². The van der Waals surface area contributed by atoms with Crippen LogP contribution in [0.3, 0.4) is 0 Å². The van der Waals surface area contributed by atoms with Gasteiger partial charge < -0.3 is 11.1 Å². The molecule has 0 aliphatic heterocycles. The number of benzene rings is 1. The highest BCUT2D eigenvalue weighted by atomic mass is 79.9. The summed E-state index contributed by atoms with van der Waals surface area (Å²) in [5.74, 6) is 0.855. The molecule has 0 saturated carbocycles. The van der Waals surface area contributed by atoms with Crippen molar-refractivity contribution in [2.45, 2.75) is 0 Å². The number of hydrogen-bond acceptors (Lipinski definition) is 5. The van der Waals surface area contributed by atoms with Gasteiger partial charge in [-0.25, -0.2) is 4.98 Å². The molecule has 1 aromatic carbocycles. The minimum absolute atomic E-state index is 0.226. The zero-order chi connectivity index (χ0) is 13.2. The van der Waals surface area contributed by atoms with Gasteiger partial charge in [0, 0.05) is 29.7 Å². The molecule has 0 unspecified atom stereocenters. The number of anilines is 3. The van der Waals surface area contributed by atoms with E-state index in [0.29, 0.717) is 5.82 Å². The molecule has 0 bridgehead atoms. The number of nitrogens with two attached hydrogens (primary N) is 1. The molecule has 0 aliphatic rings. The second-order valence-electron chi connectivity index (χ2n) is 3.95. The minimum Gasteiger partial charge on any atom is -0.368 e. The first-order valence-electron chi connectivity index (χ1n) is 5.62. The van der Waals surface area contributed by atoms with Crippen molar-refractivity contribution in [1.82, 2.24) is 15.0 Å². The van der Waals surface area contributed by atoms with Crippen molar-refractivity contribution in [3.63, 3.8) is 0 Å². The van der Waals surface area contributed by atoms with E-state index in [1.807, 2.05) is 30.5 Å². The molecule has 0 fully saturated rings. The van der Waals surface area contributed by atoms with Crippen molar-refractivity contribution in [3.8, 4) is 0 Å². The van der Waals surface area contributed by atoms with Crippen LogP contribution < -0.4 is 11.1 Å². The third-order valence-corrected chi connectivity index (χ3v) is 3.28. The number of rotatable bonds is 2. The lowest BCUT2D eigenvalue weighted by Crippen LogP contribution is -2.00. The Morgan fingerprint density at radius 3 is 2.95 bits per heavy atom. The zero-order valence-corrected chi connectivity index (χ0v) is 11.4. The second kappa shape index (κ2) is 4.81. The fraction of sp³-hybridized carbons (Fsp3) is 0. The van der Waals surface area contributed by atoms with Gasteiger partial charge in [0.15, 0.2) is 0 Å². The molecular weight excluding hydrogens is 306 g/mol. The molecule has 0 spiro atoms. The van der Waals surface area contributed by atoms with Crippen LogP contribution in [0.5, 0.6) is 0 Å². The van der Waals surface area contributed by atoms with Crippen LogP contribution in [0.1, 0.15) is 0 Å². The lowest BCUT2D eigenvalue weighted by atomic mass is 10.1. The molecule has 0 atom stereocenters. The Hall–Kier alpha value is -2.21. The van der Waals surface area contributed by atoms with Gasteiger partial charge in [-0.1, -0.05) is 12.1 Å². The summed E-state index contributed by atoms with van der Waals surface area (Å²) in [6, 6.07) is 7.94. The monoisotopic (exact) mass is 315 g/mol. The van der Waals surface area contributed by atoms with Crippen molar-refractivity contribution in [3.05, 3.63) is 47.3 Å². The van der Waals surface area contributed by atoms with E-state index in [1.165, 1.54) is 0 Å². The number of halogens is 1. The third-order valence-electron chi connectivity index (χ3n) is 2.70. The first kappa shape index (κ1) is 11.9. The summed E-state index contributed by atoms with van der Waals surface area (Å²) in [4.78, 5) is 12.2. The quantitative estimate of drug-likeness (QED) is 0.759. The van der Waals surface area contributed by atoms with Gasteiger partial charge in [0.25, 0.3) is 0 Å². The maximum atomic E-state index is 5.60. The van der Waals surface area contributed by atoms with Crippen molar-refractivity contribution < 1.29 is 0 Å². The van der Waals surface area contributed by atoms with Crippen LogP contribution >= 0.6 is 15.9 Å². The number of fused-ring (bicyclic) bond motifs is 1. The highest BCUT2D eigenvalue weighted by Gasteiger charge is 2.06. The Labute approximate surface area is 118 Å². The molecule has 6 heteroatoms. The van der Waals surface area contributed by atoms with Crippen molar-refractivity contribution >= 4 is 44.2 Å². The van der Waals surface area contributed by atoms with Crippen LogP contribution in [0.15, 0.2) is 47.3 Å². The summed E-state index contributed by atoms with van der Waals surface area (Å²) in [6.45, 7) is 0. The Bertz CT molecular complexity index is 739. The van der Waals surface area contributed by atoms with Gasteiger partial charge in [0.1, 0.15) is 5.82 Å². The molecule has 0 saturated heterocycles. The SMILES string of the molecule is Nc1ncc(Br)c(Nc2cccc3ccncc23)n1. The first-order valence-corrected chi connectivity index (χ1v) is 6.41. The average molecular weight is 316 g/mol. The maximum Gasteiger partial charge on any atom is 0.222 e. The topological polar surface area (TPSA) is 76.7 Å². The molecular formula is C13H10BrN5. The summed E-state index contributed by atoms with van der Waals surface area (Å²) >= 11 is 3.39. The highest BCUT2D eigenvalue weighted by molar-refractivity contribution is 9.10. The van der Waals surface area contributed by atoms with Crippen LogP contribution in [0.4, 0.5) is 17.5 Å². The zero-order valence-electron chi connectivity index (χ0n) is 9.84. The van der Waals surface area contributed by atoms with E-state index in [2.05, 4.69) is 36.2 Å². The van der Waals surface area contributed by atoms with Gasteiger partial charge >= 0.3 is 0 Å². The van der Waals surface area contributed by atoms with Crippen molar-refractivity contribution in [2.24, 2.45) is 0 Å². The van der Waals surface area contributed by atoms with Gasteiger partial charge in [-0.05, 0) is 33.4 Å². The van der Waals surface area contributed by atoms with Gasteiger partial charge in [0.05, 0.1) is 4.47 Å². The number of nitrogen functional groups attached to an aromatic ring is 1. The fourth-order valence-electron chi connectivity index (χ4n) is 1.82. The van der Waals surface area contributed by atoms with E-state index in [0.717, 1.165) is 20.9 Å². The Balaban J connectivity index is 2.08. The van der Waals surface area contributed by atoms with E-state index in [-0.39, 0.29) is 5.95 Å². The summed E-state index contributed by atoms with van der Waals surface area (Å²) in [5.41, 5.74) is 6.52. The first-order chi connectivity index (χ1) is 9.24. The summed E-state index contributed by atoms with van der Waals surface area (Å²) in [5, 5.41) is 5.37. The molecule has 5 nitrogen and oxygen atoms in total. The molecule has 2 aromatic heterocycles. The molecule has 0 radical (unpaired) electrons.